The van der Waals surface area contributed by atoms with E-state index in [0.29, 0.717) is 5.78 Å². The lowest BCUT2D eigenvalue weighted by Crippen LogP contribution is -2.15. The summed E-state index contributed by atoms with van der Waals surface area (Å²) < 4.78 is 0. The Balaban J connectivity index is 2.17. The first-order valence-corrected chi connectivity index (χ1v) is 5.88. The zero-order valence-electron chi connectivity index (χ0n) is 10.3. The molecule has 0 amide bonds. The number of carbonyl (C=O) groups excluding carboxylic acids is 1. The number of ketones is 1. The van der Waals surface area contributed by atoms with Crippen LogP contribution in [0.3, 0.4) is 0 Å². The molecular weight excluding hydrogens is 198 g/mol. The van der Waals surface area contributed by atoms with Crippen molar-refractivity contribution in [3.63, 3.8) is 0 Å². The van der Waals surface area contributed by atoms with Crippen LogP contribution in [-0.4, -0.2) is 31.3 Å². The standard InChI is InChI=1S/C14H19NO/c1-10-8-12-5-4-11(6-7-15(2)3)9-13(12)14(10)16/h4-5,9-10H,6-8H2,1-3H3. The smallest absolute Gasteiger partial charge is 0.166 e. The Hall–Kier alpha value is -1.15. The van der Waals surface area contributed by atoms with E-state index in [1.807, 2.05) is 6.92 Å². The maximum Gasteiger partial charge on any atom is 0.166 e. The Morgan fingerprint density at radius 2 is 2.12 bits per heavy atom. The maximum absolute atomic E-state index is 11.9. The molecule has 0 saturated heterocycles. The fourth-order valence-electron chi connectivity index (χ4n) is 2.23. The minimum absolute atomic E-state index is 0.180. The second kappa shape index (κ2) is 4.38. The molecule has 1 atom stereocenters. The second-order valence-electron chi connectivity index (χ2n) is 5.01. The van der Waals surface area contributed by atoms with Crippen LogP contribution in [0.5, 0.6) is 0 Å². The largest absolute Gasteiger partial charge is 0.309 e. The fourth-order valence-corrected chi connectivity index (χ4v) is 2.23. The zero-order valence-corrected chi connectivity index (χ0v) is 10.3. The van der Waals surface area contributed by atoms with Gasteiger partial charge in [-0.05, 0) is 44.1 Å². The number of nitrogens with zero attached hydrogens (tertiary/aromatic N) is 1. The molecule has 2 rings (SSSR count). The van der Waals surface area contributed by atoms with Crippen molar-refractivity contribution in [1.82, 2.24) is 4.90 Å². The SMILES string of the molecule is CC1Cc2ccc(CCN(C)C)cc2C1=O. The molecule has 1 unspecified atom stereocenters. The quantitative estimate of drug-likeness (QED) is 0.773. The monoisotopic (exact) mass is 217 g/mol. The first-order chi connectivity index (χ1) is 7.58. The van der Waals surface area contributed by atoms with Crippen molar-refractivity contribution in [2.45, 2.75) is 19.8 Å². The third-order valence-electron chi connectivity index (χ3n) is 3.26. The summed E-state index contributed by atoms with van der Waals surface area (Å²) in [4.78, 5) is 14.0. The number of fused-ring (bicyclic) bond motifs is 1. The summed E-state index contributed by atoms with van der Waals surface area (Å²) in [6.45, 7) is 3.05. The van der Waals surface area contributed by atoms with Gasteiger partial charge in [-0.25, -0.2) is 0 Å². The first kappa shape index (κ1) is 11.3. The van der Waals surface area contributed by atoms with Gasteiger partial charge in [0.2, 0.25) is 0 Å². The molecule has 0 aliphatic heterocycles. The average Bonchev–Trinajstić information content (AvgIpc) is 2.52. The summed E-state index contributed by atoms with van der Waals surface area (Å²) in [6, 6.07) is 6.38. The Morgan fingerprint density at radius 3 is 2.81 bits per heavy atom. The fraction of sp³-hybridized carbons (Fsp3) is 0.500. The van der Waals surface area contributed by atoms with Crippen LogP contribution in [0.15, 0.2) is 18.2 Å². The lowest BCUT2D eigenvalue weighted by Gasteiger charge is -2.09. The molecule has 2 heteroatoms. The van der Waals surface area contributed by atoms with Crippen LogP contribution in [0.4, 0.5) is 0 Å². The highest BCUT2D eigenvalue weighted by Crippen LogP contribution is 2.27. The third kappa shape index (κ3) is 2.17. The molecule has 0 spiro atoms. The molecule has 1 aliphatic carbocycles. The van der Waals surface area contributed by atoms with Crippen LogP contribution in [-0.2, 0) is 12.8 Å². The summed E-state index contributed by atoms with van der Waals surface area (Å²) in [5.41, 5.74) is 3.46. The summed E-state index contributed by atoms with van der Waals surface area (Å²) in [5, 5.41) is 0. The van der Waals surface area contributed by atoms with E-state index in [2.05, 4.69) is 37.2 Å². The predicted molar refractivity (Wildman–Crippen MR) is 65.9 cm³/mol. The van der Waals surface area contributed by atoms with Crippen LogP contribution in [0.1, 0.15) is 28.4 Å². The molecule has 1 aliphatic rings. The van der Waals surface area contributed by atoms with E-state index in [4.69, 9.17) is 0 Å². The van der Waals surface area contributed by atoms with Crippen LogP contribution < -0.4 is 0 Å². The number of benzene rings is 1. The zero-order chi connectivity index (χ0) is 11.7. The molecule has 0 saturated carbocycles. The lowest BCUT2D eigenvalue weighted by atomic mass is 10.0. The number of rotatable bonds is 3. The first-order valence-electron chi connectivity index (χ1n) is 5.88. The minimum Gasteiger partial charge on any atom is -0.309 e. The summed E-state index contributed by atoms with van der Waals surface area (Å²) in [7, 11) is 4.14. The molecule has 1 aromatic carbocycles. The van der Waals surface area contributed by atoms with Gasteiger partial charge in [-0.15, -0.1) is 0 Å². The van der Waals surface area contributed by atoms with E-state index in [1.54, 1.807) is 0 Å². The van der Waals surface area contributed by atoms with Gasteiger partial charge in [0.05, 0.1) is 0 Å². The van der Waals surface area contributed by atoms with Gasteiger partial charge >= 0.3 is 0 Å². The van der Waals surface area contributed by atoms with E-state index in [1.165, 1.54) is 11.1 Å². The van der Waals surface area contributed by atoms with Crippen LogP contribution in [0.25, 0.3) is 0 Å². The van der Waals surface area contributed by atoms with Crippen LogP contribution in [0, 0.1) is 5.92 Å². The lowest BCUT2D eigenvalue weighted by molar-refractivity contribution is 0.0946. The molecular formula is C14H19NO. The van der Waals surface area contributed by atoms with Gasteiger partial charge in [-0.1, -0.05) is 19.1 Å². The van der Waals surface area contributed by atoms with Gasteiger partial charge in [0, 0.05) is 18.0 Å². The topological polar surface area (TPSA) is 20.3 Å². The number of likely N-dealkylation sites (N-methyl/N-ethyl adjacent to an activating group) is 1. The van der Waals surface area contributed by atoms with Crippen LogP contribution in [0.2, 0.25) is 0 Å². The average molecular weight is 217 g/mol. The van der Waals surface area contributed by atoms with Crippen molar-refractivity contribution >= 4 is 5.78 Å². The molecule has 0 bridgehead atoms. The van der Waals surface area contributed by atoms with Gasteiger partial charge in [0.15, 0.2) is 5.78 Å². The molecule has 86 valence electrons. The van der Waals surface area contributed by atoms with E-state index in [9.17, 15) is 4.79 Å². The predicted octanol–water partition coefficient (Wildman–Crippen LogP) is 2.17. The number of hydrogen-bond acceptors (Lipinski definition) is 2. The highest BCUT2D eigenvalue weighted by atomic mass is 16.1. The van der Waals surface area contributed by atoms with E-state index >= 15 is 0 Å². The summed E-state index contributed by atoms with van der Waals surface area (Å²) in [6.07, 6.45) is 1.93. The summed E-state index contributed by atoms with van der Waals surface area (Å²) >= 11 is 0. The van der Waals surface area contributed by atoms with Gasteiger partial charge in [-0.3, -0.25) is 4.79 Å². The van der Waals surface area contributed by atoms with Crippen molar-refractivity contribution in [2.24, 2.45) is 5.92 Å². The number of Topliss-reactive ketones (excluding diaryl/α,β-unsaturated/α-hetero) is 1. The molecule has 16 heavy (non-hydrogen) atoms. The van der Waals surface area contributed by atoms with E-state index in [0.717, 1.165) is 24.9 Å². The molecule has 0 fully saturated rings. The van der Waals surface area contributed by atoms with Crippen LogP contribution >= 0.6 is 0 Å². The Kier molecular flexibility index (Phi) is 3.10. The van der Waals surface area contributed by atoms with Crippen molar-refractivity contribution in [2.75, 3.05) is 20.6 Å². The Morgan fingerprint density at radius 1 is 1.38 bits per heavy atom. The molecule has 1 aromatic rings. The second-order valence-corrected chi connectivity index (χ2v) is 5.01. The molecule has 0 aromatic heterocycles. The highest BCUT2D eigenvalue weighted by Gasteiger charge is 2.26. The van der Waals surface area contributed by atoms with Gasteiger partial charge in [-0.2, -0.15) is 0 Å². The molecule has 2 nitrogen and oxygen atoms in total. The Labute approximate surface area is 97.3 Å². The molecule has 0 radical (unpaired) electrons. The van der Waals surface area contributed by atoms with Crippen molar-refractivity contribution in [3.8, 4) is 0 Å². The third-order valence-corrected chi connectivity index (χ3v) is 3.26. The molecule has 0 heterocycles. The van der Waals surface area contributed by atoms with E-state index in [-0.39, 0.29) is 5.92 Å². The number of hydrogen-bond donors (Lipinski definition) is 0. The minimum atomic E-state index is 0.180. The number of carbonyl (C=O) groups is 1. The van der Waals surface area contributed by atoms with Crippen molar-refractivity contribution in [1.29, 1.82) is 0 Å². The van der Waals surface area contributed by atoms with Gasteiger partial charge in [0.25, 0.3) is 0 Å². The molecule has 0 N–H and O–H groups in total. The van der Waals surface area contributed by atoms with Gasteiger partial charge < -0.3 is 4.90 Å². The highest BCUT2D eigenvalue weighted by molar-refractivity contribution is 6.02. The van der Waals surface area contributed by atoms with Gasteiger partial charge in [0.1, 0.15) is 0 Å². The Bertz CT molecular complexity index is 409. The van der Waals surface area contributed by atoms with E-state index < -0.39 is 0 Å². The normalized spacial score (nSPS) is 19.2. The maximum atomic E-state index is 11.9. The van der Waals surface area contributed by atoms with Crippen molar-refractivity contribution in [3.05, 3.63) is 34.9 Å². The van der Waals surface area contributed by atoms with Crippen molar-refractivity contribution < 1.29 is 4.79 Å². The summed E-state index contributed by atoms with van der Waals surface area (Å²) in [5.74, 6) is 0.501.